The van der Waals surface area contributed by atoms with E-state index in [2.05, 4.69) is 5.32 Å². The number of hydrogen-bond donors (Lipinski definition) is 1. The maximum absolute atomic E-state index is 12.6. The topological polar surface area (TPSA) is 77.1 Å². The van der Waals surface area contributed by atoms with Gasteiger partial charge in [0.15, 0.2) is 0 Å². The molecule has 0 aliphatic rings. The van der Waals surface area contributed by atoms with Crippen LogP contribution in [0.1, 0.15) is 31.9 Å². The van der Waals surface area contributed by atoms with Crippen molar-refractivity contribution in [2.45, 2.75) is 45.4 Å². The Morgan fingerprint density at radius 3 is 2.20 bits per heavy atom. The second kappa shape index (κ2) is 10.6. The number of hydrogen-bond acceptors (Lipinski definition) is 5. The number of likely N-dealkylation sites (N-methyl/N-ethyl adjacent to an activating group) is 1. The van der Waals surface area contributed by atoms with E-state index in [-0.39, 0.29) is 12.3 Å². The van der Waals surface area contributed by atoms with E-state index in [0.29, 0.717) is 6.61 Å². The van der Waals surface area contributed by atoms with Gasteiger partial charge >= 0.3 is 6.09 Å². The quantitative estimate of drug-likeness (QED) is 0.666. The molecular formula is C23H30N2O5. The van der Waals surface area contributed by atoms with Crippen molar-refractivity contribution in [2.24, 2.45) is 0 Å². The molecule has 7 nitrogen and oxygen atoms in total. The molecule has 1 N–H and O–H groups in total. The highest BCUT2D eigenvalue weighted by Gasteiger charge is 2.27. The number of carbonyl (C=O) groups is 2. The first kappa shape index (κ1) is 23.2. The minimum Gasteiger partial charge on any atom is -0.489 e. The number of benzene rings is 2. The Hall–Kier alpha value is -3.06. The molecule has 0 heterocycles. The maximum Gasteiger partial charge on any atom is 0.408 e. The average Bonchev–Trinajstić information content (AvgIpc) is 2.71. The van der Waals surface area contributed by atoms with E-state index in [1.54, 1.807) is 20.8 Å². The van der Waals surface area contributed by atoms with Crippen molar-refractivity contribution in [1.29, 1.82) is 0 Å². The highest BCUT2D eigenvalue weighted by atomic mass is 16.7. The van der Waals surface area contributed by atoms with Gasteiger partial charge in [-0.1, -0.05) is 42.5 Å². The molecular weight excluding hydrogens is 384 g/mol. The first-order valence-corrected chi connectivity index (χ1v) is 9.75. The van der Waals surface area contributed by atoms with Crippen LogP contribution in [0.3, 0.4) is 0 Å². The lowest BCUT2D eigenvalue weighted by Crippen LogP contribution is -2.49. The van der Waals surface area contributed by atoms with E-state index in [1.165, 1.54) is 14.2 Å². The first-order valence-electron chi connectivity index (χ1n) is 9.75. The molecule has 2 aromatic rings. The molecule has 2 aromatic carbocycles. The van der Waals surface area contributed by atoms with Crippen LogP contribution in [-0.4, -0.2) is 42.9 Å². The fraction of sp³-hybridized carbons (Fsp3) is 0.391. The number of nitrogens with zero attached hydrogens (tertiary/aromatic N) is 1. The average molecular weight is 415 g/mol. The molecule has 0 spiro atoms. The number of amides is 2. The summed E-state index contributed by atoms with van der Waals surface area (Å²) in [6.07, 6.45) is -0.377. The zero-order valence-electron chi connectivity index (χ0n) is 18.2. The predicted octanol–water partition coefficient (Wildman–Crippen LogP) is 3.72. The predicted molar refractivity (Wildman–Crippen MR) is 114 cm³/mol. The highest BCUT2D eigenvalue weighted by Crippen LogP contribution is 2.16. The summed E-state index contributed by atoms with van der Waals surface area (Å²) in [6.45, 7) is 5.76. The van der Waals surface area contributed by atoms with Gasteiger partial charge in [-0.3, -0.25) is 9.63 Å². The molecule has 2 amide bonds. The molecule has 0 fully saturated rings. The van der Waals surface area contributed by atoms with E-state index in [9.17, 15) is 9.59 Å². The van der Waals surface area contributed by atoms with Crippen LogP contribution in [0.15, 0.2) is 54.6 Å². The summed E-state index contributed by atoms with van der Waals surface area (Å²) in [4.78, 5) is 29.8. The van der Waals surface area contributed by atoms with Crippen molar-refractivity contribution >= 4 is 12.0 Å². The number of hydroxylamine groups is 2. The van der Waals surface area contributed by atoms with Crippen LogP contribution in [0.2, 0.25) is 0 Å². The number of carbonyl (C=O) groups excluding carboxylic acids is 2. The second-order valence-electron chi connectivity index (χ2n) is 7.84. The highest BCUT2D eigenvalue weighted by molar-refractivity contribution is 5.85. The van der Waals surface area contributed by atoms with Gasteiger partial charge in [-0.15, -0.1) is 0 Å². The lowest BCUT2D eigenvalue weighted by molar-refractivity contribution is -0.171. The SMILES string of the molecule is CON(C)C(=O)C(Cc1ccc(OCc2ccccc2)cc1)NC(=O)OC(C)(C)C. The Labute approximate surface area is 177 Å². The van der Waals surface area contributed by atoms with E-state index in [0.717, 1.165) is 21.9 Å². The van der Waals surface area contributed by atoms with Gasteiger partial charge in [-0.2, -0.15) is 0 Å². The van der Waals surface area contributed by atoms with Crippen LogP contribution in [0, 0.1) is 0 Å². The largest absolute Gasteiger partial charge is 0.489 e. The van der Waals surface area contributed by atoms with Crippen molar-refractivity contribution in [3.05, 3.63) is 65.7 Å². The molecule has 2 rings (SSSR count). The van der Waals surface area contributed by atoms with Gasteiger partial charge in [0.25, 0.3) is 5.91 Å². The number of nitrogens with one attached hydrogen (secondary N) is 1. The van der Waals surface area contributed by atoms with E-state index in [4.69, 9.17) is 14.3 Å². The van der Waals surface area contributed by atoms with Crippen molar-refractivity contribution in [2.75, 3.05) is 14.2 Å². The van der Waals surface area contributed by atoms with Crippen LogP contribution in [0.4, 0.5) is 4.79 Å². The Bertz CT molecular complexity index is 816. The van der Waals surface area contributed by atoms with Gasteiger partial charge < -0.3 is 14.8 Å². The fourth-order valence-corrected chi connectivity index (χ4v) is 2.66. The summed E-state index contributed by atoms with van der Waals surface area (Å²) in [6, 6.07) is 16.5. The van der Waals surface area contributed by atoms with Gasteiger partial charge in [0.2, 0.25) is 0 Å². The molecule has 0 saturated heterocycles. The molecule has 0 aliphatic carbocycles. The van der Waals surface area contributed by atoms with Gasteiger partial charge in [0.1, 0.15) is 24.0 Å². The first-order chi connectivity index (χ1) is 14.2. The lowest BCUT2D eigenvalue weighted by Gasteiger charge is -2.25. The third-order valence-electron chi connectivity index (χ3n) is 4.18. The Balaban J connectivity index is 2.03. The molecule has 1 atom stereocenters. The van der Waals surface area contributed by atoms with Crippen molar-refractivity contribution < 1.29 is 23.9 Å². The van der Waals surface area contributed by atoms with Crippen molar-refractivity contribution in [3.63, 3.8) is 0 Å². The number of alkyl carbamates (subject to hydrolysis) is 1. The smallest absolute Gasteiger partial charge is 0.408 e. The van der Waals surface area contributed by atoms with Gasteiger partial charge in [0, 0.05) is 13.5 Å². The van der Waals surface area contributed by atoms with Gasteiger partial charge in [0.05, 0.1) is 7.11 Å². The molecule has 1 unspecified atom stereocenters. The lowest BCUT2D eigenvalue weighted by atomic mass is 10.1. The monoisotopic (exact) mass is 414 g/mol. The van der Waals surface area contributed by atoms with E-state index < -0.39 is 17.7 Å². The summed E-state index contributed by atoms with van der Waals surface area (Å²) in [5.74, 6) is 0.340. The zero-order chi connectivity index (χ0) is 22.1. The maximum atomic E-state index is 12.6. The third-order valence-corrected chi connectivity index (χ3v) is 4.18. The van der Waals surface area contributed by atoms with Crippen LogP contribution >= 0.6 is 0 Å². The van der Waals surface area contributed by atoms with Crippen LogP contribution in [-0.2, 0) is 27.4 Å². The van der Waals surface area contributed by atoms with Crippen LogP contribution in [0.25, 0.3) is 0 Å². The molecule has 0 bridgehead atoms. The van der Waals surface area contributed by atoms with Crippen molar-refractivity contribution in [1.82, 2.24) is 10.4 Å². The summed E-state index contributed by atoms with van der Waals surface area (Å²) in [5.41, 5.74) is 1.28. The Morgan fingerprint density at radius 1 is 1.00 bits per heavy atom. The fourth-order valence-electron chi connectivity index (χ4n) is 2.66. The Morgan fingerprint density at radius 2 is 1.63 bits per heavy atom. The molecule has 0 aromatic heterocycles. The summed E-state index contributed by atoms with van der Waals surface area (Å²) >= 11 is 0. The van der Waals surface area contributed by atoms with E-state index in [1.807, 2.05) is 54.6 Å². The van der Waals surface area contributed by atoms with Crippen LogP contribution < -0.4 is 10.1 Å². The number of ether oxygens (including phenoxy) is 2. The molecule has 0 saturated carbocycles. The third kappa shape index (κ3) is 7.75. The molecule has 0 radical (unpaired) electrons. The van der Waals surface area contributed by atoms with Crippen molar-refractivity contribution in [3.8, 4) is 5.75 Å². The Kier molecular flexibility index (Phi) is 8.24. The van der Waals surface area contributed by atoms with Gasteiger partial charge in [-0.05, 0) is 44.0 Å². The minimum atomic E-state index is -0.833. The van der Waals surface area contributed by atoms with Crippen LogP contribution in [0.5, 0.6) is 5.75 Å². The van der Waals surface area contributed by atoms with Gasteiger partial charge in [-0.25, -0.2) is 9.86 Å². The zero-order valence-corrected chi connectivity index (χ0v) is 18.2. The molecule has 7 heteroatoms. The normalized spacial score (nSPS) is 12.0. The molecule has 162 valence electrons. The minimum absolute atomic E-state index is 0.282. The second-order valence-corrected chi connectivity index (χ2v) is 7.84. The number of rotatable bonds is 8. The molecule has 0 aliphatic heterocycles. The summed E-state index contributed by atoms with van der Waals surface area (Å²) in [5, 5.41) is 3.72. The molecule has 30 heavy (non-hydrogen) atoms. The summed E-state index contributed by atoms with van der Waals surface area (Å²) in [7, 11) is 2.88. The van der Waals surface area contributed by atoms with E-state index >= 15 is 0 Å². The standard InChI is InChI=1S/C23H30N2O5/c1-23(2,3)30-22(27)24-20(21(26)25(4)28-5)15-17-11-13-19(14-12-17)29-16-18-9-7-6-8-10-18/h6-14,20H,15-16H2,1-5H3,(H,24,27). The summed E-state index contributed by atoms with van der Waals surface area (Å²) < 4.78 is 11.1.